The van der Waals surface area contributed by atoms with Gasteiger partial charge in [0.05, 0.1) is 12.3 Å². The number of carbonyl (C=O) groups is 2. The molecule has 0 aliphatic heterocycles. The zero-order chi connectivity index (χ0) is 41.3. The number of carboxylic acid groups (broad SMARTS) is 2. The van der Waals surface area contributed by atoms with E-state index in [2.05, 4.69) is 0 Å². The van der Waals surface area contributed by atoms with Gasteiger partial charge in [-0.25, -0.2) is 17.6 Å². The molecule has 0 spiro atoms. The number of halogens is 24. The highest BCUT2D eigenvalue weighted by atomic mass is 32.2. The van der Waals surface area contributed by atoms with Gasteiger partial charge in [-0.1, -0.05) is 0 Å². The summed E-state index contributed by atoms with van der Waals surface area (Å²) in [7, 11) is -8.13. The van der Waals surface area contributed by atoms with Gasteiger partial charge in [0.15, 0.2) is 0 Å². The van der Waals surface area contributed by atoms with Crippen molar-refractivity contribution in [3.05, 3.63) is 0 Å². The molecule has 0 aromatic carbocycles. The molecule has 0 amide bonds. The Bertz CT molecular complexity index is 1390. The third kappa shape index (κ3) is 6.42. The largest absolute Gasteiger partial charge is 0.481 e. The molecule has 32 heteroatoms. The molecule has 0 radical (unpaired) electrons. The zero-order valence-electron chi connectivity index (χ0n) is 22.1. The molecule has 3 N–H and O–H groups in total. The lowest BCUT2D eigenvalue weighted by atomic mass is 9.78. The smallest absolute Gasteiger partial charge is 0.384 e. The molecule has 0 heterocycles. The van der Waals surface area contributed by atoms with Crippen molar-refractivity contribution in [3.8, 4) is 0 Å². The van der Waals surface area contributed by atoms with E-state index < -0.39 is 118 Å². The molecule has 0 saturated carbocycles. The molecule has 0 rings (SSSR count). The lowest BCUT2D eigenvalue weighted by molar-refractivity contribution is -0.415. The first-order valence-electron chi connectivity index (χ1n) is 11.1. The van der Waals surface area contributed by atoms with Crippen LogP contribution in [0.15, 0.2) is 0 Å². The predicted octanol–water partition coefficient (Wildman–Crippen LogP) is 7.06. The van der Waals surface area contributed by atoms with Crippen molar-refractivity contribution in [1.82, 2.24) is 0 Å². The maximum atomic E-state index is 14.5. The quantitative estimate of drug-likeness (QED) is 0.0998. The van der Waals surface area contributed by atoms with Crippen molar-refractivity contribution in [3.63, 3.8) is 0 Å². The van der Waals surface area contributed by atoms with E-state index in [1.54, 1.807) is 0 Å². The minimum Gasteiger partial charge on any atom is -0.481 e. The summed E-state index contributed by atoms with van der Waals surface area (Å²) in [5.74, 6) is -97.6. The zero-order valence-corrected chi connectivity index (χ0v) is 22.9. The van der Waals surface area contributed by atoms with Crippen molar-refractivity contribution < 1.29 is 138 Å². The molecule has 0 aliphatic carbocycles. The molecule has 0 aliphatic rings. The van der Waals surface area contributed by atoms with Crippen LogP contribution in [0.25, 0.3) is 0 Å². The van der Waals surface area contributed by atoms with Crippen molar-refractivity contribution in [2.45, 2.75) is 89.7 Å². The average molecular weight is 826 g/mol. The Kier molecular flexibility index (Phi) is 12.0. The second-order valence-electron chi connectivity index (χ2n) is 9.64. The molecule has 2 unspecified atom stereocenters. The Labute approximate surface area is 256 Å². The number of hydrogen-bond acceptors (Lipinski definition) is 4. The molecule has 2 atom stereocenters. The van der Waals surface area contributed by atoms with Crippen LogP contribution < -0.4 is 0 Å². The van der Waals surface area contributed by atoms with Gasteiger partial charge >= 0.3 is 84.0 Å². The van der Waals surface area contributed by atoms with Crippen molar-refractivity contribution >= 4 is 22.1 Å². The fraction of sp³-hybridized carbons (Fsp3) is 0.889. The lowest BCUT2D eigenvalue weighted by Crippen LogP contribution is -2.71. The second kappa shape index (κ2) is 12.7. The van der Waals surface area contributed by atoms with Gasteiger partial charge in [-0.3, -0.25) is 14.1 Å². The van der Waals surface area contributed by atoms with Crippen LogP contribution in [0.4, 0.5) is 105 Å². The second-order valence-corrected chi connectivity index (χ2v) is 11.3. The molecular weight excluding hydrogens is 816 g/mol. The van der Waals surface area contributed by atoms with E-state index >= 15 is 0 Å². The highest BCUT2D eigenvalue weighted by Crippen LogP contribution is 2.62. The van der Waals surface area contributed by atoms with E-state index in [4.69, 9.17) is 14.8 Å². The minimum atomic E-state index is -8.76. The molecule has 0 saturated heterocycles. The summed E-state index contributed by atoms with van der Waals surface area (Å²) < 4.78 is 350. The minimum absolute atomic E-state index is 4.20. The SMILES string of the molecule is O=C(O)C(CC(F)(F)C(F)(F)C(F)(F)C(F)(F)C(F)(F)C(F)F)C(CC(F)(F)C(F)(F)C(F)(F)C(F)(F)C(F)(F)C(F)F)(C(=O)O)S(=O)(=O)O. The molecule has 0 aromatic heterocycles. The first-order valence-corrected chi connectivity index (χ1v) is 12.5. The maximum absolute atomic E-state index is 14.5. The Morgan fingerprint density at radius 3 is 1.00 bits per heavy atom. The number of rotatable bonds is 18. The summed E-state index contributed by atoms with van der Waals surface area (Å²) in [6.45, 7) is 0. The molecule has 7 nitrogen and oxygen atoms in total. The maximum Gasteiger partial charge on any atom is 0.384 e. The number of aliphatic carboxylic acids is 2. The van der Waals surface area contributed by atoms with Gasteiger partial charge in [-0.2, -0.15) is 96.2 Å². The summed E-state index contributed by atoms with van der Waals surface area (Å²) in [5, 5.41) is 17.9. The first-order chi connectivity index (χ1) is 21.3. The summed E-state index contributed by atoms with van der Waals surface area (Å²) in [4.78, 5) is 23.0. The summed E-state index contributed by atoms with van der Waals surface area (Å²) in [6, 6.07) is 0. The van der Waals surface area contributed by atoms with Crippen LogP contribution in [-0.2, 0) is 19.7 Å². The van der Waals surface area contributed by atoms with Gasteiger partial charge in [0.25, 0.3) is 10.1 Å². The molecular formula is C18H10F24O7S. The Morgan fingerprint density at radius 1 is 0.500 bits per heavy atom. The summed E-state index contributed by atoms with van der Waals surface area (Å²) >= 11 is 0. The van der Waals surface area contributed by atoms with Gasteiger partial charge in [0, 0.05) is 6.42 Å². The van der Waals surface area contributed by atoms with Gasteiger partial charge in [0.1, 0.15) is 0 Å². The van der Waals surface area contributed by atoms with Crippen LogP contribution in [-0.4, -0.2) is 112 Å². The summed E-state index contributed by atoms with van der Waals surface area (Å²) in [5.41, 5.74) is 0. The normalized spacial score (nSPS) is 17.6. The van der Waals surface area contributed by atoms with Gasteiger partial charge in [0.2, 0.25) is 4.75 Å². The van der Waals surface area contributed by atoms with E-state index in [-0.39, 0.29) is 0 Å². The number of alkyl halides is 24. The fourth-order valence-electron chi connectivity index (χ4n) is 3.55. The van der Waals surface area contributed by atoms with Crippen LogP contribution >= 0.6 is 0 Å². The average Bonchev–Trinajstić information content (AvgIpc) is 2.88. The number of carboxylic acids is 2. The fourth-order valence-corrected chi connectivity index (χ4v) is 4.68. The Balaban J connectivity index is 7.85. The topological polar surface area (TPSA) is 129 Å². The molecule has 50 heavy (non-hydrogen) atoms. The third-order valence-electron chi connectivity index (χ3n) is 6.51. The van der Waals surface area contributed by atoms with Gasteiger partial charge in [-0.15, -0.1) is 0 Å². The standard InChI is InChI=1S/C18H10F24O7S/c19-5(20)11(27,28)15(35,36)17(39,40)13(31,32)9(23,24)1-3(4(43)44)8(7(45)46,50(47,48)49)2-10(25,26)14(33,34)18(41,42)16(37,38)12(29,30)6(21)22/h3,5-6H,1-2H2,(H,43,44)(H,45,46)(H,47,48,49). The molecule has 0 fully saturated rings. The van der Waals surface area contributed by atoms with E-state index in [0.717, 1.165) is 0 Å². The van der Waals surface area contributed by atoms with Crippen LogP contribution in [0.2, 0.25) is 0 Å². The highest BCUT2D eigenvalue weighted by molar-refractivity contribution is 7.88. The first kappa shape index (κ1) is 47.2. The Morgan fingerprint density at radius 2 is 0.780 bits per heavy atom. The summed E-state index contributed by atoms with van der Waals surface area (Å²) in [6.07, 6.45) is -22.2. The molecule has 298 valence electrons. The third-order valence-corrected chi connectivity index (χ3v) is 8.03. The van der Waals surface area contributed by atoms with Gasteiger partial charge < -0.3 is 10.2 Å². The van der Waals surface area contributed by atoms with E-state index in [9.17, 15) is 123 Å². The van der Waals surface area contributed by atoms with Crippen molar-refractivity contribution in [2.75, 3.05) is 0 Å². The van der Waals surface area contributed by atoms with E-state index in [0.29, 0.717) is 0 Å². The van der Waals surface area contributed by atoms with Crippen molar-refractivity contribution in [1.29, 1.82) is 0 Å². The van der Waals surface area contributed by atoms with Crippen LogP contribution in [0.1, 0.15) is 12.8 Å². The highest BCUT2D eigenvalue weighted by Gasteiger charge is 2.90. The van der Waals surface area contributed by atoms with E-state index in [1.807, 2.05) is 0 Å². The number of hydrogen-bond donors (Lipinski definition) is 3. The van der Waals surface area contributed by atoms with Crippen LogP contribution in [0, 0.1) is 5.92 Å². The lowest BCUT2D eigenvalue weighted by Gasteiger charge is -2.43. The van der Waals surface area contributed by atoms with E-state index in [1.165, 1.54) is 0 Å². The Hall–Kier alpha value is -2.83. The predicted molar refractivity (Wildman–Crippen MR) is 104 cm³/mol. The van der Waals surface area contributed by atoms with Crippen LogP contribution in [0.5, 0.6) is 0 Å². The van der Waals surface area contributed by atoms with Crippen molar-refractivity contribution in [2.24, 2.45) is 5.92 Å². The molecule has 0 aromatic rings. The van der Waals surface area contributed by atoms with Crippen LogP contribution in [0.3, 0.4) is 0 Å². The monoisotopic (exact) mass is 826 g/mol. The van der Waals surface area contributed by atoms with Gasteiger partial charge in [-0.05, 0) is 0 Å². The molecule has 0 bridgehead atoms.